The number of hydrogen-bond acceptors (Lipinski definition) is 6. The van der Waals surface area contributed by atoms with Crippen LogP contribution in [0.25, 0.3) is 6.08 Å². The summed E-state index contributed by atoms with van der Waals surface area (Å²) in [5, 5.41) is 8.61. The fourth-order valence-electron chi connectivity index (χ4n) is 6.04. The van der Waals surface area contributed by atoms with Crippen LogP contribution in [0.5, 0.6) is 0 Å². The molecular formula is C28H31F2N7O3S. The minimum Gasteiger partial charge on any atom is -0.366 e. The molecule has 0 saturated carbocycles. The van der Waals surface area contributed by atoms with Gasteiger partial charge in [-0.25, -0.2) is 23.4 Å². The van der Waals surface area contributed by atoms with E-state index < -0.39 is 23.6 Å². The van der Waals surface area contributed by atoms with Gasteiger partial charge in [-0.15, -0.1) is 11.3 Å². The maximum atomic E-state index is 14.7. The van der Waals surface area contributed by atoms with Gasteiger partial charge in [-0.05, 0) is 43.4 Å². The van der Waals surface area contributed by atoms with Gasteiger partial charge >= 0.3 is 11.7 Å². The third kappa shape index (κ3) is 5.50. The molecule has 0 aliphatic carbocycles. The average Bonchev–Trinajstić information content (AvgIpc) is 3.58. The molecule has 3 aliphatic rings. The van der Waals surface area contributed by atoms with E-state index in [1.54, 1.807) is 26.6 Å². The molecule has 13 heteroatoms. The number of benzene rings is 1. The Balaban J connectivity index is 1.14. The summed E-state index contributed by atoms with van der Waals surface area (Å²) >= 11 is 1.41. The van der Waals surface area contributed by atoms with E-state index >= 15 is 0 Å². The van der Waals surface area contributed by atoms with E-state index in [4.69, 9.17) is 0 Å². The Morgan fingerprint density at radius 2 is 1.98 bits per heavy atom. The number of carbonyl (C=O) groups excluding carboxylic acids is 2. The molecule has 1 aromatic carbocycles. The molecule has 10 nitrogen and oxygen atoms in total. The second kappa shape index (κ2) is 11.5. The first-order valence-corrected chi connectivity index (χ1v) is 14.7. The number of rotatable bonds is 5. The summed E-state index contributed by atoms with van der Waals surface area (Å²) in [7, 11) is 0. The summed E-state index contributed by atoms with van der Waals surface area (Å²) in [5.74, 6) is -1.82. The molecule has 2 atom stereocenters. The topological polar surface area (TPSA) is 115 Å². The number of nitrogens with zero attached hydrogens (tertiary/aromatic N) is 4. The van der Waals surface area contributed by atoms with Crippen LogP contribution < -0.4 is 16.3 Å². The molecule has 3 aliphatic heterocycles. The highest BCUT2D eigenvalue weighted by molar-refractivity contribution is 7.09. The van der Waals surface area contributed by atoms with E-state index in [2.05, 4.69) is 20.6 Å². The number of H-pyrrole nitrogens is 1. The number of likely N-dealkylation sites (tertiary alicyclic amines) is 2. The van der Waals surface area contributed by atoms with E-state index in [0.717, 1.165) is 16.8 Å². The van der Waals surface area contributed by atoms with Crippen molar-refractivity contribution in [1.82, 2.24) is 29.7 Å². The number of amides is 3. The van der Waals surface area contributed by atoms with Gasteiger partial charge in [-0.2, -0.15) is 0 Å². The lowest BCUT2D eigenvalue weighted by atomic mass is 9.93. The smallest absolute Gasteiger partial charge is 0.327 e. The Labute approximate surface area is 239 Å². The second-order valence-corrected chi connectivity index (χ2v) is 11.6. The average molecular weight is 584 g/mol. The van der Waals surface area contributed by atoms with Crippen molar-refractivity contribution < 1.29 is 18.4 Å². The Morgan fingerprint density at radius 1 is 1.15 bits per heavy atom. The highest BCUT2D eigenvalue weighted by Gasteiger charge is 2.36. The van der Waals surface area contributed by atoms with Gasteiger partial charge in [0.1, 0.15) is 16.9 Å². The maximum Gasteiger partial charge on any atom is 0.327 e. The Hall–Kier alpha value is -4.00. The number of piperidine rings is 1. The van der Waals surface area contributed by atoms with E-state index in [-0.39, 0.29) is 42.3 Å². The third-order valence-corrected chi connectivity index (χ3v) is 8.90. The molecule has 0 unspecified atom stereocenters. The molecule has 216 valence electrons. The number of nitrogens with one attached hydrogen (secondary N) is 3. The summed E-state index contributed by atoms with van der Waals surface area (Å²) in [4.78, 5) is 50.0. The van der Waals surface area contributed by atoms with Crippen molar-refractivity contribution in [3.8, 4) is 0 Å². The normalized spacial score (nSPS) is 21.4. The van der Waals surface area contributed by atoms with Crippen LogP contribution in [0.2, 0.25) is 0 Å². The van der Waals surface area contributed by atoms with Gasteiger partial charge in [0.25, 0.3) is 0 Å². The fourth-order valence-corrected chi connectivity index (χ4v) is 6.67. The van der Waals surface area contributed by atoms with Crippen LogP contribution >= 0.6 is 11.3 Å². The fraction of sp³-hybridized carbons (Fsp3) is 0.429. The lowest BCUT2D eigenvalue weighted by Gasteiger charge is -2.34. The predicted molar refractivity (Wildman–Crippen MR) is 151 cm³/mol. The first-order chi connectivity index (χ1) is 19.9. The molecular weight excluding hydrogens is 552 g/mol. The number of aromatic nitrogens is 3. The van der Waals surface area contributed by atoms with Crippen LogP contribution in [0.4, 0.5) is 19.4 Å². The standard InChI is InChI=1S/C28H31F2N7O3S/c29-20-4-1-3-19(24(20)30)17-6-7-21(26(38)36(15-17)16-23-31-11-14-41-23)33-27(39)35-12-8-18(9-13-35)37-22-5-2-10-32-25(22)34-28(37)40/h1-5,11,14,17-18,21,32H,6-10,12-13,15-16H2,(H,33,39)(H,34,40)/t17-,21-/m1/s1. The lowest BCUT2D eigenvalue weighted by Crippen LogP contribution is -2.53. The maximum absolute atomic E-state index is 14.7. The van der Waals surface area contributed by atoms with E-state index in [1.807, 2.05) is 17.5 Å². The van der Waals surface area contributed by atoms with Crippen molar-refractivity contribution >= 4 is 35.2 Å². The quantitative estimate of drug-likeness (QED) is 0.424. The number of imidazole rings is 1. The molecule has 5 heterocycles. The summed E-state index contributed by atoms with van der Waals surface area (Å²) < 4.78 is 30.5. The molecule has 6 rings (SSSR count). The zero-order valence-electron chi connectivity index (χ0n) is 22.3. The SMILES string of the molecule is O=C(N[C@@H]1CC[C@@H](c2cccc(F)c2F)CN(Cc2nccs2)C1=O)N1CCC(n2c3c([nH]c2=O)NCC=C3)CC1. The highest BCUT2D eigenvalue weighted by atomic mass is 32.1. The zero-order valence-corrected chi connectivity index (χ0v) is 23.1. The number of halogens is 2. The van der Waals surface area contributed by atoms with Crippen molar-refractivity contribution in [3.05, 3.63) is 74.2 Å². The molecule has 3 amide bonds. The van der Waals surface area contributed by atoms with Crippen molar-refractivity contribution in [2.24, 2.45) is 0 Å². The monoisotopic (exact) mass is 583 g/mol. The molecule has 2 fully saturated rings. The summed E-state index contributed by atoms with van der Waals surface area (Å²) in [6, 6.07) is 2.89. The molecule has 3 aromatic rings. The van der Waals surface area contributed by atoms with Crippen LogP contribution in [-0.2, 0) is 11.3 Å². The highest BCUT2D eigenvalue weighted by Crippen LogP contribution is 2.31. The minimum atomic E-state index is -0.924. The first-order valence-electron chi connectivity index (χ1n) is 13.8. The Bertz CT molecular complexity index is 1510. The summed E-state index contributed by atoms with van der Waals surface area (Å²) in [6.45, 7) is 1.93. The number of thiazole rings is 1. The number of fused-ring (bicyclic) bond motifs is 1. The van der Waals surface area contributed by atoms with Crippen molar-refractivity contribution in [3.63, 3.8) is 0 Å². The second-order valence-electron chi connectivity index (χ2n) is 10.6. The lowest BCUT2D eigenvalue weighted by molar-refractivity contribution is -0.133. The van der Waals surface area contributed by atoms with Gasteiger partial charge in [-0.3, -0.25) is 14.3 Å². The molecule has 2 saturated heterocycles. The number of carbonyl (C=O) groups is 2. The number of anilines is 1. The minimum absolute atomic E-state index is 0.0497. The van der Waals surface area contributed by atoms with Gasteiger partial charge in [0.05, 0.1) is 12.2 Å². The first kappa shape index (κ1) is 27.2. The Kier molecular flexibility index (Phi) is 7.61. The van der Waals surface area contributed by atoms with Crippen LogP contribution in [0, 0.1) is 11.6 Å². The van der Waals surface area contributed by atoms with Crippen molar-refractivity contribution in [2.45, 2.75) is 50.2 Å². The van der Waals surface area contributed by atoms with E-state index in [9.17, 15) is 23.2 Å². The van der Waals surface area contributed by atoms with Crippen molar-refractivity contribution in [1.29, 1.82) is 0 Å². The van der Waals surface area contributed by atoms with Gasteiger partial charge in [0.2, 0.25) is 5.91 Å². The molecule has 0 bridgehead atoms. The summed E-state index contributed by atoms with van der Waals surface area (Å²) in [5.41, 5.74) is 0.867. The van der Waals surface area contributed by atoms with Gasteiger partial charge in [-0.1, -0.05) is 18.2 Å². The largest absolute Gasteiger partial charge is 0.366 e. The van der Waals surface area contributed by atoms with Crippen LogP contribution in [0.1, 0.15) is 53.9 Å². The van der Waals surface area contributed by atoms with E-state index in [1.165, 1.54) is 17.4 Å². The molecule has 41 heavy (non-hydrogen) atoms. The van der Waals surface area contributed by atoms with Crippen LogP contribution in [-0.4, -0.2) is 68.5 Å². The van der Waals surface area contributed by atoms with Crippen molar-refractivity contribution in [2.75, 3.05) is 31.5 Å². The van der Waals surface area contributed by atoms with Gasteiger partial charge in [0, 0.05) is 49.7 Å². The van der Waals surface area contributed by atoms with Crippen LogP contribution in [0.15, 0.2) is 40.6 Å². The van der Waals surface area contributed by atoms with Crippen LogP contribution in [0.3, 0.4) is 0 Å². The van der Waals surface area contributed by atoms with Gasteiger partial charge in [0.15, 0.2) is 11.6 Å². The van der Waals surface area contributed by atoms with Gasteiger partial charge < -0.3 is 20.4 Å². The summed E-state index contributed by atoms with van der Waals surface area (Å²) in [6.07, 6.45) is 7.43. The molecule has 0 spiro atoms. The molecule has 3 N–H and O–H groups in total. The van der Waals surface area contributed by atoms with E-state index in [0.29, 0.717) is 51.1 Å². The number of hydrogen-bond donors (Lipinski definition) is 3. The molecule has 2 aromatic heterocycles. The third-order valence-electron chi connectivity index (χ3n) is 8.14. The number of aromatic amines is 1. The number of urea groups is 1. The predicted octanol–water partition coefficient (Wildman–Crippen LogP) is 3.67. The Morgan fingerprint density at radius 3 is 2.76 bits per heavy atom. The molecule has 0 radical (unpaired) electrons. The zero-order chi connectivity index (χ0) is 28.5.